The molecule has 5 heteroatoms. The molecule has 1 aromatic carbocycles. The van der Waals surface area contributed by atoms with Crippen LogP contribution < -0.4 is 4.74 Å². The lowest BCUT2D eigenvalue weighted by Crippen LogP contribution is -2.02. The second kappa shape index (κ2) is 7.24. The number of halogens is 1. The summed E-state index contributed by atoms with van der Waals surface area (Å²) in [6, 6.07) is 1.26. The number of ketones is 1. The fraction of sp³-hybridized carbons (Fsp3) is 0.500. The van der Waals surface area contributed by atoms with E-state index >= 15 is 0 Å². The molecule has 1 aromatic rings. The molecule has 0 fully saturated rings. The zero-order valence-corrected chi connectivity index (χ0v) is 12.0. The predicted molar refractivity (Wildman–Crippen MR) is 74.4 cm³/mol. The van der Waals surface area contributed by atoms with Crippen molar-refractivity contribution in [1.82, 2.24) is 0 Å². The van der Waals surface area contributed by atoms with E-state index in [1.54, 1.807) is 6.92 Å². The molecule has 0 aliphatic heterocycles. The number of carbonyl (C=O) groups is 1. The van der Waals surface area contributed by atoms with Crippen molar-refractivity contribution < 1.29 is 19.7 Å². The minimum Gasteiger partial charge on any atom is -0.507 e. The lowest BCUT2D eigenvalue weighted by molar-refractivity contribution is 0.0974. The second-order valence-corrected chi connectivity index (χ2v) is 4.62. The van der Waals surface area contributed by atoms with Crippen LogP contribution in [0.1, 0.15) is 49.9 Å². The monoisotopic (exact) mass is 286 g/mol. The first-order valence-corrected chi connectivity index (χ1v) is 6.81. The third kappa shape index (κ3) is 3.77. The molecule has 0 aromatic heterocycles. The van der Waals surface area contributed by atoms with Crippen molar-refractivity contribution in [2.45, 2.75) is 39.5 Å². The SMILES string of the molecule is CCCCCC(=O)c1c(O)cc(OCC)c(Cl)c1O. The first kappa shape index (κ1) is 15.6. The molecule has 1 rings (SSSR count). The molecule has 106 valence electrons. The Morgan fingerprint density at radius 1 is 1.32 bits per heavy atom. The summed E-state index contributed by atoms with van der Waals surface area (Å²) < 4.78 is 5.17. The van der Waals surface area contributed by atoms with Crippen LogP contribution in [0.4, 0.5) is 0 Å². The van der Waals surface area contributed by atoms with Gasteiger partial charge in [0.15, 0.2) is 11.5 Å². The van der Waals surface area contributed by atoms with Crippen molar-refractivity contribution in [2.24, 2.45) is 0 Å². The Labute approximate surface area is 118 Å². The van der Waals surface area contributed by atoms with Gasteiger partial charge in [-0.1, -0.05) is 31.4 Å². The van der Waals surface area contributed by atoms with E-state index in [1.165, 1.54) is 6.07 Å². The summed E-state index contributed by atoms with van der Waals surface area (Å²) in [4.78, 5) is 12.0. The van der Waals surface area contributed by atoms with Gasteiger partial charge < -0.3 is 14.9 Å². The summed E-state index contributed by atoms with van der Waals surface area (Å²) in [5.74, 6) is -0.851. The number of Topliss-reactive ketones (excluding diaryl/α,β-unsaturated/α-hetero) is 1. The van der Waals surface area contributed by atoms with Crippen LogP contribution in [-0.4, -0.2) is 22.6 Å². The molecule has 0 unspecified atom stereocenters. The summed E-state index contributed by atoms with van der Waals surface area (Å²) in [5, 5.41) is 19.7. The molecule has 19 heavy (non-hydrogen) atoms. The molecule has 0 radical (unpaired) electrons. The van der Waals surface area contributed by atoms with Crippen molar-refractivity contribution >= 4 is 17.4 Å². The lowest BCUT2D eigenvalue weighted by atomic mass is 10.0. The molecule has 0 amide bonds. The van der Waals surface area contributed by atoms with Gasteiger partial charge in [0, 0.05) is 12.5 Å². The second-order valence-electron chi connectivity index (χ2n) is 4.24. The number of carbonyl (C=O) groups excluding carboxylic acids is 1. The summed E-state index contributed by atoms with van der Waals surface area (Å²) in [7, 11) is 0. The van der Waals surface area contributed by atoms with Crippen molar-refractivity contribution in [2.75, 3.05) is 6.61 Å². The average Bonchev–Trinajstić information content (AvgIpc) is 2.36. The van der Waals surface area contributed by atoms with Gasteiger partial charge in [-0.3, -0.25) is 4.79 Å². The highest BCUT2D eigenvalue weighted by Gasteiger charge is 2.22. The van der Waals surface area contributed by atoms with E-state index in [-0.39, 0.29) is 34.3 Å². The number of phenols is 2. The van der Waals surface area contributed by atoms with Gasteiger partial charge in [0.25, 0.3) is 0 Å². The summed E-state index contributed by atoms with van der Waals surface area (Å²) in [5.41, 5.74) is -0.121. The predicted octanol–water partition coefficient (Wildman–Crippen LogP) is 3.91. The molecule has 0 spiro atoms. The Bertz CT molecular complexity index is 457. The molecule has 0 saturated carbocycles. The van der Waals surface area contributed by atoms with Crippen LogP contribution in [0, 0.1) is 0 Å². The van der Waals surface area contributed by atoms with Gasteiger partial charge in [0.1, 0.15) is 22.1 Å². The fourth-order valence-electron chi connectivity index (χ4n) is 1.80. The molecular formula is C14H19ClO4. The van der Waals surface area contributed by atoms with Gasteiger partial charge >= 0.3 is 0 Å². The highest BCUT2D eigenvalue weighted by atomic mass is 35.5. The standard InChI is InChI=1S/C14H19ClO4/c1-3-5-6-7-9(16)12-10(17)8-11(19-4-2)13(15)14(12)18/h8,17-18H,3-7H2,1-2H3. The number of benzene rings is 1. The molecule has 0 bridgehead atoms. The maximum Gasteiger partial charge on any atom is 0.170 e. The van der Waals surface area contributed by atoms with E-state index < -0.39 is 5.75 Å². The zero-order chi connectivity index (χ0) is 14.4. The maximum absolute atomic E-state index is 12.0. The van der Waals surface area contributed by atoms with E-state index in [0.717, 1.165) is 19.3 Å². The molecule has 0 heterocycles. The number of rotatable bonds is 7. The van der Waals surface area contributed by atoms with Gasteiger partial charge in [-0.05, 0) is 13.3 Å². The highest BCUT2D eigenvalue weighted by Crippen LogP contribution is 2.42. The Kier molecular flexibility index (Phi) is 5.96. The van der Waals surface area contributed by atoms with Crippen LogP contribution in [0.15, 0.2) is 6.07 Å². The molecule has 0 aliphatic rings. The Morgan fingerprint density at radius 3 is 2.58 bits per heavy atom. The maximum atomic E-state index is 12.0. The summed E-state index contributed by atoms with van der Waals surface area (Å²) in [6.45, 7) is 4.14. The van der Waals surface area contributed by atoms with Crippen LogP contribution in [-0.2, 0) is 0 Å². The van der Waals surface area contributed by atoms with Crippen LogP contribution in [0.5, 0.6) is 17.2 Å². The van der Waals surface area contributed by atoms with E-state index in [9.17, 15) is 15.0 Å². The topological polar surface area (TPSA) is 66.8 Å². The number of hydrogen-bond donors (Lipinski definition) is 2. The minimum absolute atomic E-state index is 0.0431. The van der Waals surface area contributed by atoms with Gasteiger partial charge in [0.05, 0.1) is 6.61 Å². The first-order valence-electron chi connectivity index (χ1n) is 6.43. The fourth-order valence-corrected chi connectivity index (χ4v) is 2.01. The number of hydrogen-bond acceptors (Lipinski definition) is 4. The lowest BCUT2D eigenvalue weighted by Gasteiger charge is -2.12. The zero-order valence-electron chi connectivity index (χ0n) is 11.2. The van der Waals surface area contributed by atoms with E-state index in [4.69, 9.17) is 16.3 Å². The Balaban J connectivity index is 3.01. The number of aromatic hydroxyl groups is 2. The minimum atomic E-state index is -0.411. The number of unbranched alkanes of at least 4 members (excludes halogenated alkanes) is 2. The number of phenolic OH excluding ortho intramolecular Hbond substituents is 2. The normalized spacial score (nSPS) is 10.5. The Hall–Kier alpha value is -1.42. The molecule has 0 atom stereocenters. The van der Waals surface area contributed by atoms with E-state index in [1.807, 2.05) is 6.92 Å². The summed E-state index contributed by atoms with van der Waals surface area (Å²) in [6.07, 6.45) is 2.92. The quantitative estimate of drug-likeness (QED) is 0.589. The molecule has 4 nitrogen and oxygen atoms in total. The van der Waals surface area contributed by atoms with Crippen LogP contribution in [0.3, 0.4) is 0 Å². The van der Waals surface area contributed by atoms with Gasteiger partial charge in [-0.25, -0.2) is 0 Å². The van der Waals surface area contributed by atoms with E-state index in [2.05, 4.69) is 0 Å². The summed E-state index contributed by atoms with van der Waals surface area (Å²) >= 11 is 5.92. The van der Waals surface area contributed by atoms with Crippen LogP contribution in [0.25, 0.3) is 0 Å². The smallest absolute Gasteiger partial charge is 0.170 e. The molecular weight excluding hydrogens is 268 g/mol. The molecule has 0 aliphatic carbocycles. The van der Waals surface area contributed by atoms with Crippen LogP contribution >= 0.6 is 11.6 Å². The number of ether oxygens (including phenoxy) is 1. The van der Waals surface area contributed by atoms with Crippen molar-refractivity contribution in [3.63, 3.8) is 0 Å². The molecule has 2 N–H and O–H groups in total. The van der Waals surface area contributed by atoms with Crippen molar-refractivity contribution in [3.05, 3.63) is 16.7 Å². The third-order valence-electron chi connectivity index (χ3n) is 2.77. The van der Waals surface area contributed by atoms with E-state index in [0.29, 0.717) is 6.61 Å². The van der Waals surface area contributed by atoms with Gasteiger partial charge in [0.2, 0.25) is 0 Å². The molecule has 0 saturated heterocycles. The average molecular weight is 287 g/mol. The van der Waals surface area contributed by atoms with Gasteiger partial charge in [-0.15, -0.1) is 0 Å². The van der Waals surface area contributed by atoms with Gasteiger partial charge in [-0.2, -0.15) is 0 Å². The van der Waals surface area contributed by atoms with Crippen molar-refractivity contribution in [1.29, 1.82) is 0 Å². The first-order chi connectivity index (χ1) is 9.02. The van der Waals surface area contributed by atoms with Crippen LogP contribution in [0.2, 0.25) is 5.02 Å². The Morgan fingerprint density at radius 2 is 2.00 bits per heavy atom. The highest BCUT2D eigenvalue weighted by molar-refractivity contribution is 6.34. The van der Waals surface area contributed by atoms with Crippen molar-refractivity contribution in [3.8, 4) is 17.2 Å². The third-order valence-corrected chi connectivity index (χ3v) is 3.14. The largest absolute Gasteiger partial charge is 0.507 e.